The molecule has 1 aliphatic rings. The lowest BCUT2D eigenvalue weighted by Gasteiger charge is -2.32. The third-order valence-corrected chi connectivity index (χ3v) is 5.01. The molecule has 0 bridgehead atoms. The van der Waals surface area contributed by atoms with E-state index in [9.17, 15) is 9.90 Å². The second-order valence-electron chi connectivity index (χ2n) is 5.11. The van der Waals surface area contributed by atoms with E-state index in [0.29, 0.717) is 16.9 Å². The fourth-order valence-electron chi connectivity index (χ4n) is 2.77. The molecule has 2 N–H and O–H groups in total. The molecule has 0 spiro atoms. The van der Waals surface area contributed by atoms with Gasteiger partial charge in [-0.05, 0) is 37.7 Å². The van der Waals surface area contributed by atoms with Gasteiger partial charge in [-0.3, -0.25) is 0 Å². The first kappa shape index (κ1) is 14.3. The molecule has 1 aliphatic carbocycles. The fraction of sp³-hybridized carbons (Fsp3) is 0.533. The van der Waals surface area contributed by atoms with E-state index in [2.05, 4.69) is 11.6 Å². The van der Waals surface area contributed by atoms with Crippen LogP contribution in [0.5, 0.6) is 0 Å². The van der Waals surface area contributed by atoms with Gasteiger partial charge in [-0.1, -0.05) is 25.0 Å². The number of benzene rings is 1. The molecule has 4 heteroatoms. The van der Waals surface area contributed by atoms with Gasteiger partial charge in [-0.25, -0.2) is 4.79 Å². The van der Waals surface area contributed by atoms with E-state index in [1.807, 2.05) is 24.8 Å². The Labute approximate surface area is 118 Å². The molecule has 1 fully saturated rings. The van der Waals surface area contributed by atoms with E-state index in [4.69, 9.17) is 0 Å². The van der Waals surface area contributed by atoms with Crippen LogP contribution in [0.25, 0.3) is 0 Å². The van der Waals surface area contributed by atoms with Crippen LogP contribution in [0.2, 0.25) is 0 Å². The zero-order valence-corrected chi connectivity index (χ0v) is 12.3. The molecule has 1 aromatic carbocycles. The summed E-state index contributed by atoms with van der Waals surface area (Å²) in [4.78, 5) is 11.3. The van der Waals surface area contributed by atoms with Gasteiger partial charge < -0.3 is 10.4 Å². The highest BCUT2D eigenvalue weighted by atomic mass is 32.2. The Morgan fingerprint density at radius 3 is 2.79 bits per heavy atom. The average Bonchev–Trinajstić information content (AvgIpc) is 2.41. The summed E-state index contributed by atoms with van der Waals surface area (Å²) < 4.78 is 0. The van der Waals surface area contributed by atoms with Gasteiger partial charge in [0.1, 0.15) is 0 Å². The van der Waals surface area contributed by atoms with Crippen molar-refractivity contribution in [1.82, 2.24) is 0 Å². The van der Waals surface area contributed by atoms with Crippen molar-refractivity contribution in [3.8, 4) is 0 Å². The van der Waals surface area contributed by atoms with Crippen LogP contribution in [0.1, 0.15) is 41.6 Å². The quantitative estimate of drug-likeness (QED) is 0.880. The van der Waals surface area contributed by atoms with Crippen molar-refractivity contribution < 1.29 is 9.90 Å². The van der Waals surface area contributed by atoms with Gasteiger partial charge in [-0.15, -0.1) is 0 Å². The second-order valence-corrected chi connectivity index (χ2v) is 6.19. The second kappa shape index (κ2) is 6.33. The Bertz CT molecular complexity index is 461. The van der Waals surface area contributed by atoms with Crippen LogP contribution < -0.4 is 5.32 Å². The molecule has 1 aromatic rings. The van der Waals surface area contributed by atoms with Crippen molar-refractivity contribution in [3.05, 3.63) is 29.3 Å². The predicted molar refractivity (Wildman–Crippen MR) is 81.3 cm³/mol. The van der Waals surface area contributed by atoms with E-state index < -0.39 is 5.97 Å². The number of thioether (sulfide) groups is 1. The Morgan fingerprint density at radius 1 is 1.37 bits per heavy atom. The summed E-state index contributed by atoms with van der Waals surface area (Å²) in [7, 11) is 0. The van der Waals surface area contributed by atoms with Gasteiger partial charge in [0, 0.05) is 11.3 Å². The molecule has 0 amide bonds. The Balaban J connectivity index is 2.24. The summed E-state index contributed by atoms with van der Waals surface area (Å²) in [6.45, 7) is 1.96. The van der Waals surface area contributed by atoms with E-state index in [-0.39, 0.29) is 0 Å². The largest absolute Gasteiger partial charge is 0.478 e. The third kappa shape index (κ3) is 3.24. The van der Waals surface area contributed by atoms with Gasteiger partial charge in [0.05, 0.1) is 11.3 Å². The highest BCUT2D eigenvalue weighted by Crippen LogP contribution is 2.31. The maximum atomic E-state index is 11.3. The molecule has 0 aliphatic heterocycles. The van der Waals surface area contributed by atoms with Crippen LogP contribution in [0, 0.1) is 6.92 Å². The molecular weight excluding hydrogens is 258 g/mol. The van der Waals surface area contributed by atoms with Gasteiger partial charge in [0.15, 0.2) is 0 Å². The van der Waals surface area contributed by atoms with E-state index >= 15 is 0 Å². The molecule has 19 heavy (non-hydrogen) atoms. The number of carboxylic acid groups (broad SMARTS) is 1. The molecule has 3 nitrogen and oxygen atoms in total. The molecule has 0 saturated heterocycles. The molecule has 0 radical (unpaired) electrons. The summed E-state index contributed by atoms with van der Waals surface area (Å²) in [6.07, 6.45) is 6.99. The lowest BCUT2D eigenvalue weighted by Crippen LogP contribution is -2.35. The third-order valence-electron chi connectivity index (χ3n) is 3.84. The first-order valence-corrected chi connectivity index (χ1v) is 8.04. The normalized spacial score (nSPS) is 23.1. The first-order valence-electron chi connectivity index (χ1n) is 6.75. The number of para-hydroxylation sites is 1. The van der Waals surface area contributed by atoms with Crippen LogP contribution in [-0.4, -0.2) is 28.6 Å². The molecule has 0 heterocycles. The first-order chi connectivity index (χ1) is 9.13. The minimum Gasteiger partial charge on any atom is -0.478 e. The Morgan fingerprint density at radius 2 is 2.11 bits per heavy atom. The number of nitrogens with one attached hydrogen (secondary N) is 1. The zero-order chi connectivity index (χ0) is 13.8. The van der Waals surface area contributed by atoms with E-state index in [0.717, 1.165) is 17.7 Å². The number of hydrogen-bond donors (Lipinski definition) is 2. The van der Waals surface area contributed by atoms with Crippen molar-refractivity contribution in [3.63, 3.8) is 0 Å². The molecule has 2 rings (SSSR count). The fourth-order valence-corrected chi connectivity index (χ4v) is 3.70. The van der Waals surface area contributed by atoms with Gasteiger partial charge in [0.2, 0.25) is 0 Å². The van der Waals surface area contributed by atoms with Crippen LogP contribution in [0.3, 0.4) is 0 Å². The Kier molecular flexibility index (Phi) is 4.75. The van der Waals surface area contributed by atoms with E-state index in [1.54, 1.807) is 12.1 Å². The van der Waals surface area contributed by atoms with Crippen LogP contribution in [0.15, 0.2) is 18.2 Å². The summed E-state index contributed by atoms with van der Waals surface area (Å²) in [5.74, 6) is -0.859. The van der Waals surface area contributed by atoms with Crippen molar-refractivity contribution >= 4 is 23.4 Å². The maximum Gasteiger partial charge on any atom is 0.337 e. The summed E-state index contributed by atoms with van der Waals surface area (Å²) >= 11 is 1.88. The number of carbonyl (C=O) groups is 1. The smallest absolute Gasteiger partial charge is 0.337 e. The number of anilines is 1. The predicted octanol–water partition coefficient (Wildman–Crippen LogP) is 3.78. The number of carboxylic acids is 1. The molecule has 104 valence electrons. The van der Waals surface area contributed by atoms with Crippen molar-refractivity contribution in [1.29, 1.82) is 0 Å². The topological polar surface area (TPSA) is 49.3 Å². The highest BCUT2D eigenvalue weighted by molar-refractivity contribution is 7.99. The highest BCUT2D eigenvalue weighted by Gasteiger charge is 2.25. The number of hydrogen-bond acceptors (Lipinski definition) is 3. The number of aromatic carboxylic acids is 1. The standard InChI is InChI=1S/C15H21NO2S/c1-10-6-5-7-11(15(17)18)14(10)16-12-8-3-4-9-13(12)19-2/h5-7,12-13,16H,3-4,8-9H2,1-2H3,(H,17,18). The van der Waals surface area contributed by atoms with Crippen LogP contribution in [0.4, 0.5) is 5.69 Å². The molecule has 2 atom stereocenters. The lowest BCUT2D eigenvalue weighted by molar-refractivity contribution is 0.0698. The van der Waals surface area contributed by atoms with Crippen molar-refractivity contribution in [2.75, 3.05) is 11.6 Å². The summed E-state index contributed by atoms with van der Waals surface area (Å²) in [6, 6.07) is 5.82. The SMILES string of the molecule is CSC1CCCCC1Nc1c(C)cccc1C(=O)O. The molecule has 2 unspecified atom stereocenters. The lowest BCUT2D eigenvalue weighted by atomic mass is 9.94. The monoisotopic (exact) mass is 279 g/mol. The maximum absolute atomic E-state index is 11.3. The van der Waals surface area contributed by atoms with Gasteiger partial charge in [0.25, 0.3) is 0 Å². The minimum absolute atomic E-state index is 0.378. The number of rotatable bonds is 4. The van der Waals surface area contributed by atoms with Gasteiger partial charge >= 0.3 is 5.97 Å². The number of aryl methyl sites for hydroxylation is 1. The van der Waals surface area contributed by atoms with Crippen LogP contribution in [-0.2, 0) is 0 Å². The minimum atomic E-state index is -0.859. The summed E-state index contributed by atoms with van der Waals surface area (Å²) in [5, 5.41) is 13.4. The molecular formula is C15H21NO2S. The summed E-state index contributed by atoms with van der Waals surface area (Å²) in [5.41, 5.74) is 2.18. The van der Waals surface area contributed by atoms with Crippen LogP contribution >= 0.6 is 11.8 Å². The van der Waals surface area contributed by atoms with Crippen molar-refractivity contribution in [2.45, 2.75) is 43.9 Å². The van der Waals surface area contributed by atoms with Crippen molar-refractivity contribution in [2.24, 2.45) is 0 Å². The molecule has 0 aromatic heterocycles. The Hall–Kier alpha value is -1.16. The van der Waals surface area contributed by atoms with E-state index in [1.165, 1.54) is 19.3 Å². The average molecular weight is 279 g/mol. The van der Waals surface area contributed by atoms with Gasteiger partial charge in [-0.2, -0.15) is 11.8 Å². The zero-order valence-electron chi connectivity index (χ0n) is 11.5. The molecule has 1 saturated carbocycles.